The van der Waals surface area contributed by atoms with Crippen molar-refractivity contribution in [1.29, 1.82) is 5.26 Å². The van der Waals surface area contributed by atoms with Crippen molar-refractivity contribution in [2.45, 2.75) is 6.42 Å². The maximum absolute atomic E-state index is 11.9. The number of nitriles is 1. The Kier molecular flexibility index (Phi) is 7.17. The molecule has 0 spiro atoms. The van der Waals surface area contributed by atoms with Crippen molar-refractivity contribution in [1.82, 2.24) is 0 Å². The molecule has 6 nitrogen and oxygen atoms in total. The molecule has 30 heavy (non-hydrogen) atoms. The van der Waals surface area contributed by atoms with Gasteiger partial charge in [-0.1, -0.05) is 54.6 Å². The number of rotatable bonds is 8. The Hall–Kier alpha value is -4.11. The van der Waals surface area contributed by atoms with Crippen LogP contribution in [0.2, 0.25) is 0 Å². The Labute approximate surface area is 174 Å². The second-order valence-electron chi connectivity index (χ2n) is 6.42. The first-order valence-corrected chi connectivity index (χ1v) is 9.34. The third-order valence-corrected chi connectivity index (χ3v) is 4.20. The number of hydrogen-bond acceptors (Lipinski definition) is 5. The van der Waals surface area contributed by atoms with E-state index in [1.54, 1.807) is 36.4 Å². The van der Waals surface area contributed by atoms with Crippen molar-refractivity contribution < 1.29 is 19.1 Å². The van der Waals surface area contributed by atoms with E-state index in [2.05, 4.69) is 11.4 Å². The smallest absolute Gasteiger partial charge is 0.344 e. The van der Waals surface area contributed by atoms with Crippen molar-refractivity contribution in [2.75, 3.05) is 18.5 Å². The molecule has 3 aromatic carbocycles. The number of carbonyl (C=O) groups is 2. The first-order chi connectivity index (χ1) is 14.6. The van der Waals surface area contributed by atoms with Crippen LogP contribution in [0.3, 0.4) is 0 Å². The Balaban J connectivity index is 1.40. The zero-order valence-corrected chi connectivity index (χ0v) is 16.2. The van der Waals surface area contributed by atoms with Crippen molar-refractivity contribution in [3.63, 3.8) is 0 Å². The Morgan fingerprint density at radius 3 is 2.17 bits per heavy atom. The minimum Gasteiger partial charge on any atom is -0.482 e. The molecule has 6 heteroatoms. The van der Waals surface area contributed by atoms with Gasteiger partial charge in [0.1, 0.15) is 5.75 Å². The normalized spacial score (nSPS) is 9.97. The summed E-state index contributed by atoms with van der Waals surface area (Å²) in [5.74, 6) is -0.557. The first-order valence-electron chi connectivity index (χ1n) is 9.34. The lowest BCUT2D eigenvalue weighted by molar-refractivity contribution is -0.149. The minimum absolute atomic E-state index is 0.291. The molecule has 150 valence electrons. The summed E-state index contributed by atoms with van der Waals surface area (Å²) in [6.45, 7) is -0.699. The highest BCUT2D eigenvalue weighted by atomic mass is 16.6. The predicted molar refractivity (Wildman–Crippen MR) is 113 cm³/mol. The molecule has 0 heterocycles. The number of hydrogen-bond donors (Lipinski definition) is 1. The average molecular weight is 400 g/mol. The summed E-state index contributed by atoms with van der Waals surface area (Å²) in [7, 11) is 0. The molecule has 0 atom stereocenters. The van der Waals surface area contributed by atoms with Gasteiger partial charge in [-0.15, -0.1) is 0 Å². The van der Waals surface area contributed by atoms with E-state index >= 15 is 0 Å². The quantitative estimate of drug-likeness (QED) is 0.578. The summed E-state index contributed by atoms with van der Waals surface area (Å²) < 4.78 is 10.3. The van der Waals surface area contributed by atoms with Crippen molar-refractivity contribution in [3.05, 3.63) is 84.4 Å². The SMILES string of the molecule is N#CCc1ccc(NC(=O)COC(=O)COc2ccc(-c3ccccc3)cc2)cc1. The van der Waals surface area contributed by atoms with Gasteiger partial charge in [-0.2, -0.15) is 5.26 Å². The van der Waals surface area contributed by atoms with Crippen LogP contribution in [0.25, 0.3) is 11.1 Å². The molecular formula is C24H20N2O4. The van der Waals surface area contributed by atoms with Crippen LogP contribution < -0.4 is 10.1 Å². The maximum atomic E-state index is 11.9. The zero-order valence-electron chi connectivity index (χ0n) is 16.2. The standard InChI is InChI=1S/C24H20N2O4/c25-15-14-18-6-10-21(11-7-18)26-23(27)16-30-24(28)17-29-22-12-8-20(9-13-22)19-4-2-1-3-5-19/h1-13H,14,16-17H2,(H,26,27). The van der Waals surface area contributed by atoms with Gasteiger partial charge in [-0.05, 0) is 41.0 Å². The van der Waals surface area contributed by atoms with E-state index in [9.17, 15) is 9.59 Å². The molecule has 0 saturated carbocycles. The van der Waals surface area contributed by atoms with Crippen molar-refractivity contribution >= 4 is 17.6 Å². The van der Waals surface area contributed by atoms with E-state index in [1.165, 1.54) is 0 Å². The van der Waals surface area contributed by atoms with Crippen LogP contribution in [-0.2, 0) is 20.7 Å². The Morgan fingerprint density at radius 1 is 0.833 bits per heavy atom. The molecule has 0 aliphatic carbocycles. The van der Waals surface area contributed by atoms with Gasteiger partial charge in [0, 0.05) is 5.69 Å². The van der Waals surface area contributed by atoms with E-state index in [0.717, 1.165) is 16.7 Å². The summed E-state index contributed by atoms with van der Waals surface area (Å²) >= 11 is 0. The minimum atomic E-state index is -0.637. The van der Waals surface area contributed by atoms with Gasteiger partial charge >= 0.3 is 5.97 Å². The van der Waals surface area contributed by atoms with E-state index < -0.39 is 18.5 Å². The number of anilines is 1. The number of carbonyl (C=O) groups excluding carboxylic acids is 2. The molecule has 1 N–H and O–H groups in total. The number of amides is 1. The molecule has 0 aromatic heterocycles. The highest BCUT2D eigenvalue weighted by molar-refractivity contribution is 5.92. The van der Waals surface area contributed by atoms with Crippen LogP contribution >= 0.6 is 0 Å². The second-order valence-corrected chi connectivity index (χ2v) is 6.42. The number of nitrogens with one attached hydrogen (secondary N) is 1. The zero-order chi connectivity index (χ0) is 21.2. The maximum Gasteiger partial charge on any atom is 0.344 e. The largest absolute Gasteiger partial charge is 0.482 e. The molecule has 1 amide bonds. The molecule has 0 aliphatic heterocycles. The molecule has 3 aromatic rings. The van der Waals surface area contributed by atoms with Crippen LogP contribution in [0.5, 0.6) is 5.75 Å². The first kappa shape index (κ1) is 20.6. The van der Waals surface area contributed by atoms with E-state index in [-0.39, 0.29) is 6.61 Å². The third-order valence-electron chi connectivity index (χ3n) is 4.20. The molecule has 3 rings (SSSR count). The van der Waals surface area contributed by atoms with Crippen LogP contribution in [-0.4, -0.2) is 25.1 Å². The van der Waals surface area contributed by atoms with Gasteiger partial charge in [-0.3, -0.25) is 4.79 Å². The van der Waals surface area contributed by atoms with Crippen LogP contribution in [0.4, 0.5) is 5.69 Å². The Bertz CT molecular complexity index is 1020. The summed E-state index contributed by atoms with van der Waals surface area (Å²) in [5.41, 5.74) is 3.56. The average Bonchev–Trinajstić information content (AvgIpc) is 2.79. The Morgan fingerprint density at radius 2 is 1.50 bits per heavy atom. The van der Waals surface area contributed by atoms with Gasteiger partial charge in [0.2, 0.25) is 0 Å². The van der Waals surface area contributed by atoms with E-state index in [4.69, 9.17) is 14.7 Å². The van der Waals surface area contributed by atoms with Gasteiger partial charge in [0.05, 0.1) is 12.5 Å². The molecule has 0 fully saturated rings. The molecule has 0 unspecified atom stereocenters. The third kappa shape index (κ3) is 6.21. The lowest BCUT2D eigenvalue weighted by Gasteiger charge is -2.09. The number of benzene rings is 3. The highest BCUT2D eigenvalue weighted by Gasteiger charge is 2.09. The lowest BCUT2D eigenvalue weighted by atomic mass is 10.1. The lowest BCUT2D eigenvalue weighted by Crippen LogP contribution is -2.23. The predicted octanol–water partition coefficient (Wildman–Crippen LogP) is 3.98. The highest BCUT2D eigenvalue weighted by Crippen LogP contribution is 2.22. The molecular weight excluding hydrogens is 380 g/mol. The van der Waals surface area contributed by atoms with Crippen LogP contribution in [0.15, 0.2) is 78.9 Å². The van der Waals surface area contributed by atoms with Gasteiger partial charge in [0.25, 0.3) is 5.91 Å². The molecule has 0 saturated heterocycles. The molecule has 0 aliphatic rings. The number of nitrogens with zero attached hydrogens (tertiary/aromatic N) is 1. The summed E-state index contributed by atoms with van der Waals surface area (Å²) in [5, 5.41) is 11.3. The summed E-state index contributed by atoms with van der Waals surface area (Å²) in [6, 6.07) is 26.2. The molecule has 0 bridgehead atoms. The topological polar surface area (TPSA) is 88.4 Å². The number of ether oxygens (including phenoxy) is 2. The van der Waals surface area contributed by atoms with Gasteiger partial charge < -0.3 is 14.8 Å². The fraction of sp³-hybridized carbons (Fsp3) is 0.125. The van der Waals surface area contributed by atoms with E-state index in [1.807, 2.05) is 42.5 Å². The summed E-state index contributed by atoms with van der Waals surface area (Å²) in [6.07, 6.45) is 0.306. The van der Waals surface area contributed by atoms with Gasteiger partial charge in [0.15, 0.2) is 13.2 Å². The van der Waals surface area contributed by atoms with Crippen molar-refractivity contribution in [2.24, 2.45) is 0 Å². The van der Waals surface area contributed by atoms with Gasteiger partial charge in [-0.25, -0.2) is 4.79 Å². The van der Waals surface area contributed by atoms with E-state index in [0.29, 0.717) is 17.9 Å². The van der Waals surface area contributed by atoms with Crippen molar-refractivity contribution in [3.8, 4) is 22.9 Å². The fourth-order valence-corrected chi connectivity index (χ4v) is 2.70. The fourth-order valence-electron chi connectivity index (χ4n) is 2.70. The van der Waals surface area contributed by atoms with Crippen LogP contribution in [0, 0.1) is 11.3 Å². The van der Waals surface area contributed by atoms with Crippen LogP contribution in [0.1, 0.15) is 5.56 Å². The summed E-state index contributed by atoms with van der Waals surface area (Å²) in [4.78, 5) is 23.7. The monoisotopic (exact) mass is 400 g/mol. The molecule has 0 radical (unpaired) electrons. The second kappa shape index (κ2) is 10.4. The number of esters is 1.